The van der Waals surface area contributed by atoms with Gasteiger partial charge in [0.15, 0.2) is 0 Å². The van der Waals surface area contributed by atoms with Crippen molar-refractivity contribution in [2.45, 2.75) is 25.7 Å². The summed E-state index contributed by atoms with van der Waals surface area (Å²) in [6.45, 7) is 5.22. The first-order chi connectivity index (χ1) is 13.8. The lowest BCUT2D eigenvalue weighted by Gasteiger charge is -2.26. The van der Waals surface area contributed by atoms with Gasteiger partial charge in [0.25, 0.3) is 10.0 Å². The summed E-state index contributed by atoms with van der Waals surface area (Å²) in [5, 5.41) is 2.73. The number of carbonyl (C=O) groups is 1. The van der Waals surface area contributed by atoms with E-state index in [0.717, 1.165) is 21.0 Å². The summed E-state index contributed by atoms with van der Waals surface area (Å²) >= 11 is 0. The zero-order chi connectivity index (χ0) is 21.0. The molecule has 0 aliphatic heterocycles. The molecule has 1 N–H and O–H groups in total. The second-order valence-electron chi connectivity index (χ2n) is 6.91. The van der Waals surface area contributed by atoms with Gasteiger partial charge >= 0.3 is 0 Å². The van der Waals surface area contributed by atoms with E-state index in [-0.39, 0.29) is 11.4 Å². The molecule has 0 radical (unpaired) electrons. The Bertz CT molecular complexity index is 1130. The molecule has 1 heterocycles. The van der Waals surface area contributed by atoms with Crippen molar-refractivity contribution in [3.05, 3.63) is 83.7 Å². The Morgan fingerprint density at radius 3 is 2.38 bits per heavy atom. The van der Waals surface area contributed by atoms with Gasteiger partial charge in [-0.05, 0) is 61.7 Å². The summed E-state index contributed by atoms with van der Waals surface area (Å²) in [5.41, 5.74) is 3.56. The summed E-state index contributed by atoms with van der Waals surface area (Å²) in [4.78, 5) is 16.9. The number of rotatable bonds is 6. The molecule has 150 valence electrons. The summed E-state index contributed by atoms with van der Waals surface area (Å²) in [6, 6.07) is 15.4. The molecule has 0 atom stereocenters. The molecular weight excluding hydrogens is 386 g/mol. The van der Waals surface area contributed by atoms with Crippen LogP contribution in [0.4, 0.5) is 11.4 Å². The number of carbonyl (C=O) groups excluding carboxylic acids is 1. The van der Waals surface area contributed by atoms with Gasteiger partial charge in [0, 0.05) is 6.20 Å². The Balaban J connectivity index is 1.99. The number of aromatic nitrogens is 1. The van der Waals surface area contributed by atoms with E-state index >= 15 is 0 Å². The third-order valence-electron chi connectivity index (χ3n) is 4.41. The molecule has 0 saturated heterocycles. The molecule has 6 nitrogen and oxygen atoms in total. The van der Waals surface area contributed by atoms with Crippen molar-refractivity contribution < 1.29 is 13.2 Å². The molecule has 0 bridgehead atoms. The third kappa shape index (κ3) is 4.81. The van der Waals surface area contributed by atoms with Crippen LogP contribution in [0.5, 0.6) is 0 Å². The molecule has 3 rings (SSSR count). The lowest BCUT2D eigenvalue weighted by Crippen LogP contribution is -2.38. The fourth-order valence-electron chi connectivity index (χ4n) is 2.96. The van der Waals surface area contributed by atoms with Crippen LogP contribution in [0.1, 0.15) is 16.7 Å². The molecule has 1 aromatic heterocycles. The molecule has 3 aromatic rings. The highest BCUT2D eigenvalue weighted by molar-refractivity contribution is 7.92. The molecule has 7 heteroatoms. The van der Waals surface area contributed by atoms with E-state index in [2.05, 4.69) is 10.3 Å². The molecule has 0 aliphatic rings. The van der Waals surface area contributed by atoms with Crippen LogP contribution in [0.3, 0.4) is 0 Å². The number of benzene rings is 2. The fourth-order valence-corrected chi connectivity index (χ4v) is 4.46. The van der Waals surface area contributed by atoms with Gasteiger partial charge in [-0.15, -0.1) is 0 Å². The molecule has 0 spiro atoms. The van der Waals surface area contributed by atoms with Gasteiger partial charge in [-0.3, -0.25) is 14.1 Å². The number of hydrogen-bond acceptors (Lipinski definition) is 4. The number of pyridine rings is 1. The van der Waals surface area contributed by atoms with Crippen LogP contribution in [0.2, 0.25) is 0 Å². The average molecular weight is 410 g/mol. The first-order valence-corrected chi connectivity index (χ1v) is 10.6. The van der Waals surface area contributed by atoms with E-state index in [1.807, 2.05) is 32.9 Å². The fraction of sp³-hybridized carbons (Fsp3) is 0.182. The van der Waals surface area contributed by atoms with Crippen LogP contribution >= 0.6 is 0 Å². The van der Waals surface area contributed by atoms with E-state index in [0.29, 0.717) is 11.4 Å². The summed E-state index contributed by atoms with van der Waals surface area (Å²) in [5.74, 6) is -0.446. The Labute approximate surface area is 171 Å². The van der Waals surface area contributed by atoms with Crippen molar-refractivity contribution in [3.63, 3.8) is 0 Å². The zero-order valence-electron chi connectivity index (χ0n) is 16.6. The summed E-state index contributed by atoms with van der Waals surface area (Å²) in [6.07, 6.45) is 3.21. The number of anilines is 2. The SMILES string of the molecule is Cc1cncc(NC(=O)CN(c2cc(C)ccc2C)S(=O)(=O)c2ccccc2)c1. The lowest BCUT2D eigenvalue weighted by atomic mass is 10.1. The van der Waals surface area contributed by atoms with Gasteiger partial charge in [0.2, 0.25) is 5.91 Å². The van der Waals surface area contributed by atoms with Crippen molar-refractivity contribution >= 4 is 27.3 Å². The number of hydrogen-bond donors (Lipinski definition) is 1. The quantitative estimate of drug-likeness (QED) is 0.671. The van der Waals surface area contributed by atoms with Crippen molar-refractivity contribution in [2.24, 2.45) is 0 Å². The number of sulfonamides is 1. The smallest absolute Gasteiger partial charge is 0.264 e. The molecule has 0 aliphatic carbocycles. The maximum Gasteiger partial charge on any atom is 0.264 e. The first-order valence-electron chi connectivity index (χ1n) is 9.14. The van der Waals surface area contributed by atoms with Gasteiger partial charge in [-0.1, -0.05) is 30.3 Å². The minimum atomic E-state index is -3.93. The van der Waals surface area contributed by atoms with Crippen molar-refractivity contribution in [2.75, 3.05) is 16.2 Å². The Morgan fingerprint density at radius 2 is 1.69 bits per heavy atom. The molecule has 0 fully saturated rings. The number of nitrogens with zero attached hydrogens (tertiary/aromatic N) is 2. The van der Waals surface area contributed by atoms with Crippen molar-refractivity contribution in [1.29, 1.82) is 0 Å². The van der Waals surface area contributed by atoms with Gasteiger partial charge in [-0.25, -0.2) is 8.42 Å². The minimum Gasteiger partial charge on any atom is -0.323 e. The Hall–Kier alpha value is -3.19. The van der Waals surface area contributed by atoms with Crippen LogP contribution in [-0.2, 0) is 14.8 Å². The minimum absolute atomic E-state index is 0.130. The molecule has 29 heavy (non-hydrogen) atoms. The number of nitrogens with one attached hydrogen (secondary N) is 1. The highest BCUT2D eigenvalue weighted by Crippen LogP contribution is 2.28. The van der Waals surface area contributed by atoms with E-state index in [4.69, 9.17) is 0 Å². The van der Waals surface area contributed by atoms with Crippen LogP contribution in [0.25, 0.3) is 0 Å². The first kappa shape index (κ1) is 20.5. The molecule has 0 saturated carbocycles. The second kappa shape index (κ2) is 8.45. The number of aryl methyl sites for hydroxylation is 3. The number of amides is 1. The largest absolute Gasteiger partial charge is 0.323 e. The monoisotopic (exact) mass is 409 g/mol. The van der Waals surface area contributed by atoms with Crippen molar-refractivity contribution in [1.82, 2.24) is 4.98 Å². The van der Waals surface area contributed by atoms with E-state index < -0.39 is 15.9 Å². The molecule has 2 aromatic carbocycles. The topological polar surface area (TPSA) is 79.4 Å². The van der Waals surface area contributed by atoms with Gasteiger partial charge in [0.1, 0.15) is 6.54 Å². The van der Waals surface area contributed by atoms with Gasteiger partial charge in [-0.2, -0.15) is 0 Å². The molecular formula is C22H23N3O3S. The zero-order valence-corrected chi connectivity index (χ0v) is 17.4. The van der Waals surface area contributed by atoms with E-state index in [9.17, 15) is 13.2 Å². The highest BCUT2D eigenvalue weighted by Gasteiger charge is 2.28. The Morgan fingerprint density at radius 1 is 0.966 bits per heavy atom. The third-order valence-corrected chi connectivity index (χ3v) is 6.18. The normalized spacial score (nSPS) is 11.1. The molecule has 1 amide bonds. The standard InChI is InChI=1S/C22H23N3O3S/c1-16-9-10-18(3)21(12-16)25(29(27,28)20-7-5-4-6-8-20)15-22(26)24-19-11-17(2)13-23-14-19/h4-14H,15H2,1-3H3,(H,24,26). The maximum absolute atomic E-state index is 13.4. The predicted octanol–water partition coefficient (Wildman–Crippen LogP) is 3.84. The van der Waals surface area contributed by atoms with Gasteiger partial charge in [0.05, 0.1) is 22.5 Å². The average Bonchev–Trinajstić information content (AvgIpc) is 2.69. The summed E-state index contributed by atoms with van der Waals surface area (Å²) in [7, 11) is -3.93. The highest BCUT2D eigenvalue weighted by atomic mass is 32.2. The Kier molecular flexibility index (Phi) is 5.98. The van der Waals surface area contributed by atoms with Crippen molar-refractivity contribution in [3.8, 4) is 0 Å². The van der Waals surface area contributed by atoms with Crippen LogP contribution in [0.15, 0.2) is 71.9 Å². The maximum atomic E-state index is 13.4. The molecule has 0 unspecified atom stereocenters. The lowest BCUT2D eigenvalue weighted by molar-refractivity contribution is -0.114. The van der Waals surface area contributed by atoms with E-state index in [1.54, 1.807) is 36.5 Å². The van der Waals surface area contributed by atoms with Crippen LogP contribution in [-0.4, -0.2) is 25.9 Å². The van der Waals surface area contributed by atoms with Gasteiger partial charge < -0.3 is 5.32 Å². The summed E-state index contributed by atoms with van der Waals surface area (Å²) < 4.78 is 27.9. The van der Waals surface area contributed by atoms with E-state index in [1.165, 1.54) is 18.3 Å². The van der Waals surface area contributed by atoms with Crippen LogP contribution in [0, 0.1) is 20.8 Å². The predicted molar refractivity (Wildman–Crippen MR) is 114 cm³/mol. The van der Waals surface area contributed by atoms with Crippen LogP contribution < -0.4 is 9.62 Å². The second-order valence-corrected chi connectivity index (χ2v) is 8.78.